The van der Waals surface area contributed by atoms with Crippen molar-refractivity contribution in [3.8, 4) is 11.4 Å². The van der Waals surface area contributed by atoms with E-state index in [9.17, 15) is 13.6 Å². The molecule has 2 heterocycles. The summed E-state index contributed by atoms with van der Waals surface area (Å²) in [5, 5.41) is -0.107. The van der Waals surface area contributed by atoms with E-state index in [4.69, 9.17) is 11.6 Å². The molecule has 1 aliphatic heterocycles. The van der Waals surface area contributed by atoms with Gasteiger partial charge in [0.25, 0.3) is 5.56 Å². The average Bonchev–Trinajstić information content (AvgIpc) is 2.68. The first-order valence-corrected chi connectivity index (χ1v) is 8.93. The van der Waals surface area contributed by atoms with Crippen molar-refractivity contribution in [1.29, 1.82) is 0 Å². The molecule has 7 heteroatoms. The van der Waals surface area contributed by atoms with Crippen LogP contribution in [0.3, 0.4) is 0 Å². The van der Waals surface area contributed by atoms with Crippen LogP contribution < -0.4 is 5.56 Å². The zero-order valence-corrected chi connectivity index (χ0v) is 15.1. The highest BCUT2D eigenvalue weighted by atomic mass is 35.5. The molecule has 0 bridgehead atoms. The zero-order valence-electron chi connectivity index (χ0n) is 14.3. The van der Waals surface area contributed by atoms with E-state index >= 15 is 0 Å². The minimum Gasteiger partial charge on any atom is -0.306 e. The molecule has 0 atom stereocenters. The number of hydrogen-bond acceptors (Lipinski definition) is 3. The van der Waals surface area contributed by atoms with Gasteiger partial charge in [0.1, 0.15) is 17.5 Å². The van der Waals surface area contributed by atoms with Gasteiger partial charge in [0.05, 0.1) is 10.7 Å². The summed E-state index contributed by atoms with van der Waals surface area (Å²) >= 11 is 5.78. The lowest BCUT2D eigenvalue weighted by Gasteiger charge is -2.28. The summed E-state index contributed by atoms with van der Waals surface area (Å²) in [6, 6.07) is 11.7. The van der Waals surface area contributed by atoms with Crippen molar-refractivity contribution in [2.24, 2.45) is 0 Å². The minimum absolute atomic E-state index is 0.0623. The summed E-state index contributed by atoms with van der Waals surface area (Å²) in [7, 11) is 0. The summed E-state index contributed by atoms with van der Waals surface area (Å²) in [4.78, 5) is 21.7. The van der Waals surface area contributed by atoms with Crippen LogP contribution in [0, 0.1) is 11.6 Å². The maximum Gasteiger partial charge on any atom is 0.254 e. The molecule has 0 saturated carbocycles. The van der Waals surface area contributed by atoms with Crippen molar-refractivity contribution in [3.63, 3.8) is 0 Å². The minimum atomic E-state index is -0.744. The Morgan fingerprint density at radius 3 is 2.70 bits per heavy atom. The molecule has 4 nitrogen and oxygen atoms in total. The fraction of sp³-hybridized carbons (Fsp3) is 0.200. The smallest absolute Gasteiger partial charge is 0.254 e. The molecule has 1 aliphatic rings. The van der Waals surface area contributed by atoms with Gasteiger partial charge < -0.3 is 4.98 Å². The lowest BCUT2D eigenvalue weighted by atomic mass is 10.0. The van der Waals surface area contributed by atoms with Gasteiger partial charge in [-0.05, 0) is 18.6 Å². The third-order valence-corrected chi connectivity index (χ3v) is 5.01. The molecular formula is C20H16ClF2N3O. The average molecular weight is 388 g/mol. The molecule has 1 aromatic heterocycles. The van der Waals surface area contributed by atoms with Crippen molar-refractivity contribution in [2.75, 3.05) is 6.54 Å². The number of nitrogens with one attached hydrogen (secondary N) is 1. The second-order valence-electron chi connectivity index (χ2n) is 6.49. The molecule has 0 amide bonds. The van der Waals surface area contributed by atoms with E-state index in [0.29, 0.717) is 36.6 Å². The van der Waals surface area contributed by atoms with Gasteiger partial charge in [0, 0.05) is 36.3 Å². The molecule has 0 unspecified atom stereocenters. The molecule has 0 fully saturated rings. The topological polar surface area (TPSA) is 49.0 Å². The van der Waals surface area contributed by atoms with Gasteiger partial charge in [0.2, 0.25) is 0 Å². The summed E-state index contributed by atoms with van der Waals surface area (Å²) in [6.07, 6.45) is 0.469. The highest BCUT2D eigenvalue weighted by Gasteiger charge is 2.24. The van der Waals surface area contributed by atoms with Crippen LogP contribution in [0.4, 0.5) is 8.78 Å². The van der Waals surface area contributed by atoms with Gasteiger partial charge in [-0.25, -0.2) is 13.8 Å². The summed E-state index contributed by atoms with van der Waals surface area (Å²) in [6.45, 7) is 0.908. The fourth-order valence-corrected chi connectivity index (χ4v) is 3.48. The molecule has 0 saturated heterocycles. The van der Waals surface area contributed by atoms with Crippen molar-refractivity contribution in [3.05, 3.63) is 86.3 Å². The Balaban J connectivity index is 1.64. The van der Waals surface area contributed by atoms with Crippen LogP contribution in [-0.4, -0.2) is 21.4 Å². The Hall–Kier alpha value is -2.57. The highest BCUT2D eigenvalue weighted by molar-refractivity contribution is 6.30. The van der Waals surface area contributed by atoms with Crippen LogP contribution in [0.1, 0.15) is 16.8 Å². The third kappa shape index (κ3) is 3.50. The fourth-order valence-electron chi connectivity index (χ4n) is 3.30. The zero-order chi connectivity index (χ0) is 19.0. The van der Waals surface area contributed by atoms with Crippen molar-refractivity contribution in [2.45, 2.75) is 19.5 Å². The Bertz CT molecular complexity index is 1050. The van der Waals surface area contributed by atoms with Crippen LogP contribution in [0.15, 0.2) is 47.3 Å². The number of aromatic nitrogens is 2. The summed E-state index contributed by atoms with van der Waals surface area (Å²) in [5.74, 6) is -0.890. The molecule has 4 rings (SSSR count). The van der Waals surface area contributed by atoms with E-state index in [0.717, 1.165) is 11.6 Å². The standard InChI is InChI=1S/C20H16ClF2N3O/c21-15-6-7-16(22)14(18(15)23)10-26-9-8-13-17(11-26)24-19(25-20(13)27)12-4-2-1-3-5-12/h1-7H,8-11H2,(H,24,25,27). The van der Waals surface area contributed by atoms with Crippen LogP contribution in [0.2, 0.25) is 5.02 Å². The Labute approximate surface area is 159 Å². The van der Waals surface area contributed by atoms with Crippen molar-refractivity contribution < 1.29 is 8.78 Å². The molecule has 0 spiro atoms. The van der Waals surface area contributed by atoms with E-state index in [2.05, 4.69) is 9.97 Å². The largest absolute Gasteiger partial charge is 0.306 e. The maximum atomic E-state index is 14.2. The maximum absolute atomic E-state index is 14.2. The molecule has 27 heavy (non-hydrogen) atoms. The van der Waals surface area contributed by atoms with E-state index in [1.54, 1.807) is 0 Å². The van der Waals surface area contributed by atoms with Crippen molar-refractivity contribution in [1.82, 2.24) is 14.9 Å². The Morgan fingerprint density at radius 1 is 1.15 bits per heavy atom. The summed E-state index contributed by atoms with van der Waals surface area (Å²) < 4.78 is 28.2. The van der Waals surface area contributed by atoms with Gasteiger partial charge in [0.15, 0.2) is 0 Å². The van der Waals surface area contributed by atoms with Crippen LogP contribution in [-0.2, 0) is 19.5 Å². The predicted molar refractivity (Wildman–Crippen MR) is 99.5 cm³/mol. The van der Waals surface area contributed by atoms with E-state index in [-0.39, 0.29) is 22.7 Å². The van der Waals surface area contributed by atoms with Crippen molar-refractivity contribution >= 4 is 11.6 Å². The van der Waals surface area contributed by atoms with Gasteiger partial charge in [-0.1, -0.05) is 41.9 Å². The first-order valence-electron chi connectivity index (χ1n) is 8.55. The predicted octanol–water partition coefficient (Wildman–Crippen LogP) is 3.93. The van der Waals surface area contributed by atoms with E-state index in [1.807, 2.05) is 35.2 Å². The number of aromatic amines is 1. The molecule has 138 valence electrons. The van der Waals surface area contributed by atoms with Crippen LogP contribution in [0.5, 0.6) is 0 Å². The molecule has 2 aromatic carbocycles. The highest BCUT2D eigenvalue weighted by Crippen LogP contribution is 2.25. The number of nitrogens with zero attached hydrogens (tertiary/aromatic N) is 2. The van der Waals surface area contributed by atoms with E-state index < -0.39 is 11.6 Å². The normalized spacial score (nSPS) is 14.2. The lowest BCUT2D eigenvalue weighted by molar-refractivity contribution is 0.233. The quantitative estimate of drug-likeness (QED) is 0.693. The SMILES string of the molecule is O=c1[nH]c(-c2ccccc2)nc2c1CCN(Cc1c(F)ccc(Cl)c1F)C2. The number of rotatable bonds is 3. The van der Waals surface area contributed by atoms with Gasteiger partial charge >= 0.3 is 0 Å². The second kappa shape index (κ2) is 7.21. The number of benzene rings is 2. The van der Waals surface area contributed by atoms with Gasteiger partial charge in [-0.2, -0.15) is 0 Å². The van der Waals surface area contributed by atoms with Gasteiger partial charge in [-0.15, -0.1) is 0 Å². The number of hydrogen-bond donors (Lipinski definition) is 1. The van der Waals surface area contributed by atoms with Crippen LogP contribution in [0.25, 0.3) is 11.4 Å². The first-order chi connectivity index (χ1) is 13.0. The van der Waals surface area contributed by atoms with E-state index in [1.165, 1.54) is 6.07 Å². The van der Waals surface area contributed by atoms with Crippen LogP contribution >= 0.6 is 11.6 Å². The molecule has 0 aliphatic carbocycles. The second-order valence-corrected chi connectivity index (χ2v) is 6.90. The molecule has 0 radical (unpaired) electrons. The third-order valence-electron chi connectivity index (χ3n) is 4.72. The Morgan fingerprint density at radius 2 is 1.93 bits per heavy atom. The lowest BCUT2D eigenvalue weighted by Crippen LogP contribution is -2.35. The Kier molecular flexibility index (Phi) is 4.76. The number of halogens is 3. The van der Waals surface area contributed by atoms with Gasteiger partial charge in [-0.3, -0.25) is 9.69 Å². The molecular weight excluding hydrogens is 372 g/mol. The number of fused-ring (bicyclic) bond motifs is 1. The monoisotopic (exact) mass is 387 g/mol. The summed E-state index contributed by atoms with van der Waals surface area (Å²) in [5.41, 5.74) is 1.82. The first kappa shape index (κ1) is 17.8. The molecule has 3 aromatic rings. The molecule has 1 N–H and O–H groups in total. The number of H-pyrrole nitrogens is 1.